The fraction of sp³-hybridized carbons (Fsp3) is 0. The van der Waals surface area contributed by atoms with Crippen LogP contribution in [-0.2, 0) is 0 Å². The summed E-state index contributed by atoms with van der Waals surface area (Å²) in [6, 6.07) is 2.82. The minimum atomic E-state index is -0.997. The lowest BCUT2D eigenvalue weighted by Gasteiger charge is -2.03. The molecule has 2 aromatic rings. The summed E-state index contributed by atoms with van der Waals surface area (Å²) in [5, 5.41) is 42.5. The van der Waals surface area contributed by atoms with Crippen molar-refractivity contribution >= 4 is 33.5 Å². The predicted molar refractivity (Wildman–Crippen MR) is 71.7 cm³/mol. The number of hydrogen-bond acceptors (Lipinski definition) is 8. The second-order valence-corrected chi connectivity index (χ2v) is 3.99. The molecule has 0 saturated heterocycles. The van der Waals surface area contributed by atoms with Gasteiger partial charge in [-0.15, -0.1) is 0 Å². The normalized spacial score (nSPS) is 10.4. The molecule has 0 amide bonds. The topological polar surface area (TPSA) is 173 Å². The lowest BCUT2D eigenvalue weighted by atomic mass is 10.0. The van der Waals surface area contributed by atoms with Crippen molar-refractivity contribution in [1.29, 1.82) is 0 Å². The zero-order valence-electron chi connectivity index (χ0n) is 11.4. The lowest BCUT2D eigenvalue weighted by Crippen LogP contribution is -2.00. The van der Waals surface area contributed by atoms with Crippen LogP contribution >= 0.6 is 0 Å². The van der Waals surface area contributed by atoms with Gasteiger partial charge in [-0.05, 0) is 0 Å². The van der Waals surface area contributed by atoms with Gasteiger partial charge >= 0.3 is 1.43 Å². The molecule has 0 aliphatic carbocycles. The van der Waals surface area contributed by atoms with E-state index in [0.717, 1.165) is 0 Å². The highest BCUT2D eigenvalue weighted by Crippen LogP contribution is 2.43. The first kappa shape index (κ1) is 14.7. The van der Waals surface area contributed by atoms with Crippen LogP contribution in [0.25, 0.3) is 10.8 Å². The van der Waals surface area contributed by atoms with Crippen LogP contribution in [-0.4, -0.2) is 19.7 Å². The van der Waals surface area contributed by atoms with Crippen LogP contribution in [0, 0.1) is 40.5 Å². The molecule has 0 aliphatic heterocycles. The number of nitrogens with zero attached hydrogens (tertiary/aromatic N) is 4. The molecule has 12 heteroatoms. The summed E-state index contributed by atoms with van der Waals surface area (Å²) in [7, 11) is 0. The van der Waals surface area contributed by atoms with Crippen molar-refractivity contribution in [1.82, 2.24) is 0 Å². The van der Waals surface area contributed by atoms with Crippen molar-refractivity contribution in [3.05, 3.63) is 64.7 Å². The Labute approximate surface area is 120 Å². The maximum atomic E-state index is 11.0. The third-order valence-corrected chi connectivity index (χ3v) is 2.86. The molecular weight excluding hydrogens is 304 g/mol. The monoisotopic (exact) mass is 309 g/mol. The molecule has 0 atom stereocenters. The molecule has 0 heterocycles. The van der Waals surface area contributed by atoms with Gasteiger partial charge in [-0.3, -0.25) is 40.5 Å². The van der Waals surface area contributed by atoms with Gasteiger partial charge in [0.25, 0.3) is 22.7 Å². The Morgan fingerprint density at radius 2 is 0.727 bits per heavy atom. The zero-order valence-corrected chi connectivity index (χ0v) is 10.4. The van der Waals surface area contributed by atoms with Gasteiger partial charge in [-0.1, -0.05) is 0 Å². The number of rotatable bonds is 4. The van der Waals surface area contributed by atoms with Gasteiger partial charge in [0, 0.05) is 24.3 Å². The fourth-order valence-corrected chi connectivity index (χ4v) is 2.03. The van der Waals surface area contributed by atoms with Crippen molar-refractivity contribution < 1.29 is 21.1 Å². The summed E-state index contributed by atoms with van der Waals surface area (Å²) in [6.45, 7) is 0. The molecule has 0 N–H and O–H groups in total. The van der Waals surface area contributed by atoms with E-state index < -0.39 is 53.2 Å². The van der Waals surface area contributed by atoms with Crippen molar-refractivity contribution in [3.8, 4) is 0 Å². The van der Waals surface area contributed by atoms with Gasteiger partial charge in [0.05, 0.1) is 19.7 Å². The Balaban J connectivity index is 0.00000264. The Morgan fingerprint density at radius 1 is 0.545 bits per heavy atom. The van der Waals surface area contributed by atoms with E-state index in [9.17, 15) is 40.5 Å². The molecule has 22 heavy (non-hydrogen) atoms. The van der Waals surface area contributed by atoms with Crippen molar-refractivity contribution in [2.45, 2.75) is 0 Å². The lowest BCUT2D eigenvalue weighted by molar-refractivity contribution is -0.395. The van der Waals surface area contributed by atoms with Gasteiger partial charge < -0.3 is 0 Å². The standard InChI is InChI=1S/C10H4N4O8/c15-11(16)5-1-2-6(12(17)18)10-8(14(21)22)4-3-7(9(5)10)13(19)20/h1-4H/p+1. The third kappa shape index (κ3) is 2.13. The fourth-order valence-electron chi connectivity index (χ4n) is 2.03. The van der Waals surface area contributed by atoms with Crippen LogP contribution in [0.2, 0.25) is 0 Å². The van der Waals surface area contributed by atoms with E-state index in [1.807, 2.05) is 0 Å². The molecule has 0 aliphatic rings. The van der Waals surface area contributed by atoms with E-state index in [-0.39, 0.29) is 1.43 Å². The van der Waals surface area contributed by atoms with E-state index in [0.29, 0.717) is 24.3 Å². The van der Waals surface area contributed by atoms with E-state index in [4.69, 9.17) is 0 Å². The highest BCUT2D eigenvalue weighted by molar-refractivity contribution is 6.08. The summed E-state index contributed by atoms with van der Waals surface area (Å²) in [5.41, 5.74) is -3.29. The first-order valence-corrected chi connectivity index (χ1v) is 5.43. The molecule has 0 saturated carbocycles. The molecule has 12 nitrogen and oxygen atoms in total. The van der Waals surface area contributed by atoms with Crippen LogP contribution in [0.4, 0.5) is 22.7 Å². The van der Waals surface area contributed by atoms with Gasteiger partial charge in [-0.25, -0.2) is 0 Å². The number of hydrogen-bond donors (Lipinski definition) is 0. The average Bonchev–Trinajstić information content (AvgIpc) is 2.43. The third-order valence-electron chi connectivity index (χ3n) is 2.86. The van der Waals surface area contributed by atoms with Gasteiger partial charge in [-0.2, -0.15) is 0 Å². The number of nitro groups is 4. The summed E-state index contributed by atoms with van der Waals surface area (Å²) < 4.78 is 0. The minimum absolute atomic E-state index is 0. The van der Waals surface area contributed by atoms with Crippen molar-refractivity contribution in [2.75, 3.05) is 0 Å². The summed E-state index contributed by atoms with van der Waals surface area (Å²) in [6.07, 6.45) is 0. The summed E-state index contributed by atoms with van der Waals surface area (Å²) in [5.74, 6) is 0. The van der Waals surface area contributed by atoms with Crippen LogP contribution in [0.15, 0.2) is 24.3 Å². The second-order valence-electron chi connectivity index (χ2n) is 3.99. The molecule has 0 unspecified atom stereocenters. The van der Waals surface area contributed by atoms with Crippen LogP contribution in [0.5, 0.6) is 0 Å². The van der Waals surface area contributed by atoms with E-state index in [2.05, 4.69) is 0 Å². The molecule has 0 radical (unpaired) electrons. The first-order valence-electron chi connectivity index (χ1n) is 5.43. The number of benzene rings is 2. The Hall–Kier alpha value is -3.70. The van der Waals surface area contributed by atoms with E-state index in [1.165, 1.54) is 0 Å². The molecule has 0 bridgehead atoms. The smallest absolute Gasteiger partial charge is 0.258 e. The second kappa shape index (κ2) is 5.01. The largest absolute Gasteiger partial charge is 1.00 e. The van der Waals surface area contributed by atoms with Crippen molar-refractivity contribution in [3.63, 3.8) is 0 Å². The molecule has 0 aromatic heterocycles. The number of fused-ring (bicyclic) bond motifs is 1. The van der Waals surface area contributed by atoms with Gasteiger partial charge in [0.2, 0.25) is 0 Å². The zero-order chi connectivity index (χ0) is 16.6. The molecule has 2 rings (SSSR count). The highest BCUT2D eigenvalue weighted by atomic mass is 16.6. The molecular formula is C10H5N4O8+. The van der Waals surface area contributed by atoms with Crippen LogP contribution < -0.4 is 0 Å². The molecule has 0 fully saturated rings. The first-order chi connectivity index (χ1) is 10.3. The Bertz CT molecular complexity index is 730. The molecule has 112 valence electrons. The Kier molecular flexibility index (Phi) is 3.35. The molecule has 2 aromatic carbocycles. The van der Waals surface area contributed by atoms with E-state index >= 15 is 0 Å². The summed E-state index contributed by atoms with van der Waals surface area (Å²) >= 11 is 0. The summed E-state index contributed by atoms with van der Waals surface area (Å²) in [4.78, 5) is 40.0. The molecule has 0 spiro atoms. The minimum Gasteiger partial charge on any atom is -0.258 e. The predicted octanol–water partition coefficient (Wildman–Crippen LogP) is 2.59. The van der Waals surface area contributed by atoms with Crippen LogP contribution in [0.3, 0.4) is 0 Å². The van der Waals surface area contributed by atoms with Gasteiger partial charge in [0.15, 0.2) is 10.8 Å². The van der Waals surface area contributed by atoms with Gasteiger partial charge in [0.1, 0.15) is 0 Å². The van der Waals surface area contributed by atoms with E-state index in [1.54, 1.807) is 0 Å². The Morgan fingerprint density at radius 3 is 0.864 bits per heavy atom. The van der Waals surface area contributed by atoms with Crippen LogP contribution in [0.1, 0.15) is 1.43 Å². The SMILES string of the molecule is O=[N+]([O-])c1ccc([N+](=O)[O-])c2c([N+](=O)[O-])ccc([N+](=O)[O-])c12.[H+]. The maximum Gasteiger partial charge on any atom is 1.00 e. The maximum absolute atomic E-state index is 11.0. The average molecular weight is 309 g/mol. The quantitative estimate of drug-likeness (QED) is 0.611. The van der Waals surface area contributed by atoms with Crippen molar-refractivity contribution in [2.24, 2.45) is 0 Å². The highest BCUT2D eigenvalue weighted by Gasteiger charge is 2.33. The number of non-ortho nitro benzene ring substituents is 4. The number of nitro benzene ring substituents is 4.